The molecule has 0 fully saturated rings. The Hall–Kier alpha value is -2.36. The normalized spacial score (nSPS) is 18.0. The number of H-pyrrole nitrogens is 1. The highest BCUT2D eigenvalue weighted by atomic mass is 16.1. The molecule has 0 saturated heterocycles. The number of allylic oxidation sites excluding steroid dienone is 4. The SMILES string of the molecule is CC(C)C=CCC1=CCC(CNc2n[nH]c(=O)c3ccccc23)CC1. The Morgan fingerprint density at radius 3 is 2.84 bits per heavy atom. The van der Waals surface area contributed by atoms with Crippen molar-refractivity contribution < 1.29 is 0 Å². The molecule has 4 heteroatoms. The van der Waals surface area contributed by atoms with Crippen LogP contribution >= 0.6 is 0 Å². The summed E-state index contributed by atoms with van der Waals surface area (Å²) in [4.78, 5) is 11.8. The highest BCUT2D eigenvalue weighted by molar-refractivity contribution is 5.90. The molecule has 3 rings (SSSR count). The quantitative estimate of drug-likeness (QED) is 0.754. The van der Waals surface area contributed by atoms with Crippen LogP contribution < -0.4 is 10.9 Å². The van der Waals surface area contributed by atoms with Crippen LogP contribution in [0.25, 0.3) is 10.8 Å². The van der Waals surface area contributed by atoms with Gasteiger partial charge in [-0.2, -0.15) is 5.10 Å². The molecule has 1 heterocycles. The fourth-order valence-electron chi connectivity index (χ4n) is 3.30. The minimum absolute atomic E-state index is 0.138. The number of nitrogens with zero attached hydrogens (tertiary/aromatic N) is 1. The maximum atomic E-state index is 11.8. The zero-order valence-corrected chi connectivity index (χ0v) is 15.1. The molecular formula is C21H27N3O. The maximum Gasteiger partial charge on any atom is 0.272 e. The molecule has 0 radical (unpaired) electrons. The summed E-state index contributed by atoms with van der Waals surface area (Å²) in [5.41, 5.74) is 1.42. The Morgan fingerprint density at radius 1 is 1.32 bits per heavy atom. The number of nitrogens with one attached hydrogen (secondary N) is 2. The van der Waals surface area contributed by atoms with E-state index in [1.807, 2.05) is 24.3 Å². The van der Waals surface area contributed by atoms with Crippen LogP contribution in [0.1, 0.15) is 39.5 Å². The minimum atomic E-state index is -0.138. The van der Waals surface area contributed by atoms with E-state index in [4.69, 9.17) is 0 Å². The predicted octanol–water partition coefficient (Wildman–Crippen LogP) is 4.66. The molecule has 0 saturated carbocycles. The largest absolute Gasteiger partial charge is 0.368 e. The van der Waals surface area contributed by atoms with Gasteiger partial charge < -0.3 is 5.32 Å². The number of hydrogen-bond donors (Lipinski definition) is 2. The second-order valence-corrected chi connectivity index (χ2v) is 7.21. The van der Waals surface area contributed by atoms with Crippen molar-refractivity contribution >= 4 is 16.6 Å². The molecule has 1 aliphatic rings. The molecule has 1 aliphatic carbocycles. The second-order valence-electron chi connectivity index (χ2n) is 7.21. The second kappa shape index (κ2) is 8.15. The molecule has 4 nitrogen and oxygen atoms in total. The van der Waals surface area contributed by atoms with E-state index in [2.05, 4.69) is 47.6 Å². The molecule has 1 aromatic heterocycles. The van der Waals surface area contributed by atoms with Crippen LogP contribution in [0.5, 0.6) is 0 Å². The van der Waals surface area contributed by atoms with Crippen LogP contribution in [0.15, 0.2) is 52.9 Å². The third kappa shape index (κ3) is 4.59. The molecule has 132 valence electrons. The molecule has 0 spiro atoms. The van der Waals surface area contributed by atoms with Crippen LogP contribution in [0.4, 0.5) is 5.82 Å². The average molecular weight is 337 g/mol. The standard InChI is InChI=1S/C21H27N3O/c1-15(2)6-5-7-16-10-12-17(13-11-16)14-22-20-18-8-3-4-9-19(18)21(25)24-23-20/h3-6,8-10,15,17H,7,11-14H2,1-2H3,(H,22,23)(H,24,25). The van der Waals surface area contributed by atoms with Gasteiger partial charge in [-0.1, -0.05) is 55.8 Å². The lowest BCUT2D eigenvalue weighted by molar-refractivity contribution is 0.489. The van der Waals surface area contributed by atoms with Crippen LogP contribution in [-0.4, -0.2) is 16.7 Å². The van der Waals surface area contributed by atoms with Crippen LogP contribution in [0.2, 0.25) is 0 Å². The predicted molar refractivity (Wildman–Crippen MR) is 105 cm³/mol. The Labute approximate surface area is 149 Å². The third-order valence-corrected chi connectivity index (χ3v) is 4.77. The van der Waals surface area contributed by atoms with Crippen molar-refractivity contribution in [3.63, 3.8) is 0 Å². The lowest BCUT2D eigenvalue weighted by Crippen LogP contribution is -2.19. The van der Waals surface area contributed by atoms with E-state index in [-0.39, 0.29) is 5.56 Å². The van der Waals surface area contributed by atoms with Gasteiger partial charge in [-0.25, -0.2) is 5.10 Å². The summed E-state index contributed by atoms with van der Waals surface area (Å²) >= 11 is 0. The van der Waals surface area contributed by atoms with Crippen molar-refractivity contribution in [1.29, 1.82) is 0 Å². The molecule has 1 aromatic carbocycles. The molecule has 2 N–H and O–H groups in total. The van der Waals surface area contributed by atoms with Crippen molar-refractivity contribution in [3.05, 3.63) is 58.4 Å². The van der Waals surface area contributed by atoms with Crippen molar-refractivity contribution in [2.75, 3.05) is 11.9 Å². The van der Waals surface area contributed by atoms with E-state index in [1.54, 1.807) is 5.57 Å². The average Bonchev–Trinajstić information content (AvgIpc) is 2.62. The first-order chi connectivity index (χ1) is 12.1. The number of hydrogen-bond acceptors (Lipinski definition) is 3. The summed E-state index contributed by atoms with van der Waals surface area (Å²) in [6, 6.07) is 7.60. The van der Waals surface area contributed by atoms with Crippen LogP contribution in [0.3, 0.4) is 0 Å². The van der Waals surface area contributed by atoms with Gasteiger partial charge in [0.15, 0.2) is 5.82 Å². The van der Waals surface area contributed by atoms with Crippen molar-refractivity contribution in [3.8, 4) is 0 Å². The van der Waals surface area contributed by atoms with E-state index in [0.717, 1.165) is 30.6 Å². The molecule has 0 bridgehead atoms. The molecule has 25 heavy (non-hydrogen) atoms. The summed E-state index contributed by atoms with van der Waals surface area (Å²) in [7, 11) is 0. The van der Waals surface area contributed by atoms with Gasteiger partial charge in [0.1, 0.15) is 0 Å². The van der Waals surface area contributed by atoms with Gasteiger partial charge in [-0.05, 0) is 43.6 Å². The highest BCUT2D eigenvalue weighted by Gasteiger charge is 2.15. The maximum absolute atomic E-state index is 11.8. The minimum Gasteiger partial charge on any atom is -0.368 e. The number of rotatable bonds is 6. The van der Waals surface area contributed by atoms with Gasteiger partial charge in [-0.15, -0.1) is 0 Å². The number of aromatic nitrogens is 2. The first-order valence-electron chi connectivity index (χ1n) is 9.19. The Kier molecular flexibility index (Phi) is 5.69. The molecule has 0 aliphatic heterocycles. The fraction of sp³-hybridized carbons (Fsp3) is 0.429. The lowest BCUT2D eigenvalue weighted by Gasteiger charge is -2.22. The van der Waals surface area contributed by atoms with E-state index in [0.29, 0.717) is 17.2 Å². The number of fused-ring (bicyclic) bond motifs is 1. The third-order valence-electron chi connectivity index (χ3n) is 4.77. The molecular weight excluding hydrogens is 310 g/mol. The molecule has 0 amide bonds. The van der Waals surface area contributed by atoms with Gasteiger partial charge in [0, 0.05) is 11.9 Å². The number of aromatic amines is 1. The lowest BCUT2D eigenvalue weighted by atomic mass is 9.88. The molecule has 1 unspecified atom stereocenters. The topological polar surface area (TPSA) is 57.8 Å². The number of benzene rings is 1. The monoisotopic (exact) mass is 337 g/mol. The van der Waals surface area contributed by atoms with Gasteiger partial charge in [0.25, 0.3) is 5.56 Å². The van der Waals surface area contributed by atoms with Crippen molar-refractivity contribution in [2.24, 2.45) is 11.8 Å². The zero-order valence-electron chi connectivity index (χ0n) is 15.1. The summed E-state index contributed by atoms with van der Waals surface area (Å²) in [5.74, 6) is 2.01. The summed E-state index contributed by atoms with van der Waals surface area (Å²) in [6.45, 7) is 5.30. The molecule has 2 aromatic rings. The summed E-state index contributed by atoms with van der Waals surface area (Å²) in [6.07, 6.45) is 11.6. The smallest absolute Gasteiger partial charge is 0.272 e. The van der Waals surface area contributed by atoms with Gasteiger partial charge in [0.2, 0.25) is 0 Å². The van der Waals surface area contributed by atoms with E-state index < -0.39 is 0 Å². The summed E-state index contributed by atoms with van der Waals surface area (Å²) < 4.78 is 0. The zero-order chi connectivity index (χ0) is 17.6. The Morgan fingerprint density at radius 2 is 2.12 bits per heavy atom. The van der Waals surface area contributed by atoms with Crippen molar-refractivity contribution in [1.82, 2.24) is 10.2 Å². The van der Waals surface area contributed by atoms with Crippen LogP contribution in [0, 0.1) is 11.8 Å². The number of anilines is 1. The van der Waals surface area contributed by atoms with Gasteiger partial charge >= 0.3 is 0 Å². The van der Waals surface area contributed by atoms with Crippen LogP contribution in [-0.2, 0) is 0 Å². The Balaban J connectivity index is 1.58. The first kappa shape index (κ1) is 17.5. The van der Waals surface area contributed by atoms with Gasteiger partial charge in [0.05, 0.1) is 5.39 Å². The van der Waals surface area contributed by atoms with E-state index >= 15 is 0 Å². The first-order valence-corrected chi connectivity index (χ1v) is 9.19. The molecule has 1 atom stereocenters. The van der Waals surface area contributed by atoms with Gasteiger partial charge in [-0.3, -0.25) is 4.79 Å². The fourth-order valence-corrected chi connectivity index (χ4v) is 3.30. The Bertz CT molecular complexity index is 832. The van der Waals surface area contributed by atoms with E-state index in [9.17, 15) is 4.79 Å². The summed E-state index contributed by atoms with van der Waals surface area (Å²) in [5, 5.41) is 11.8. The van der Waals surface area contributed by atoms with Crippen molar-refractivity contribution in [2.45, 2.75) is 39.5 Å². The highest BCUT2D eigenvalue weighted by Crippen LogP contribution is 2.26. The van der Waals surface area contributed by atoms with E-state index in [1.165, 1.54) is 12.8 Å².